The summed E-state index contributed by atoms with van der Waals surface area (Å²) in [4.78, 5) is 6.46. The number of hydrogen-bond acceptors (Lipinski definition) is 4. The Labute approximate surface area is 182 Å². The van der Waals surface area contributed by atoms with Gasteiger partial charge in [-0.25, -0.2) is 9.38 Å². The van der Waals surface area contributed by atoms with Crippen LogP contribution in [0.4, 0.5) is 4.39 Å². The van der Waals surface area contributed by atoms with E-state index in [-0.39, 0.29) is 42.0 Å². The van der Waals surface area contributed by atoms with Gasteiger partial charge in [0.1, 0.15) is 11.5 Å². The molecule has 0 aliphatic carbocycles. The molecule has 2 rings (SSSR count). The van der Waals surface area contributed by atoms with Gasteiger partial charge >= 0.3 is 0 Å². The molecule has 0 atom stereocenters. The first-order valence-corrected chi connectivity index (χ1v) is 8.66. The first kappa shape index (κ1) is 23.8. The van der Waals surface area contributed by atoms with Crippen molar-refractivity contribution in [3.8, 4) is 17.2 Å². The number of aromatic hydroxyl groups is 1. The molecule has 0 saturated heterocycles. The quantitative estimate of drug-likeness (QED) is 0.342. The lowest BCUT2D eigenvalue weighted by Crippen LogP contribution is -2.38. The third-order valence-corrected chi connectivity index (χ3v) is 4.02. The first-order valence-electron chi connectivity index (χ1n) is 8.66. The van der Waals surface area contributed by atoms with E-state index in [0.717, 1.165) is 5.56 Å². The maximum absolute atomic E-state index is 13.9. The topological polar surface area (TPSA) is 66.3 Å². The Balaban J connectivity index is 0.00000392. The van der Waals surface area contributed by atoms with Gasteiger partial charge in [0, 0.05) is 25.7 Å². The van der Waals surface area contributed by atoms with Gasteiger partial charge in [-0.15, -0.1) is 24.0 Å². The smallest absolute Gasteiger partial charge is 0.194 e. The minimum Gasteiger partial charge on any atom is -0.508 e. The number of guanidine groups is 1. The molecule has 0 amide bonds. The van der Waals surface area contributed by atoms with Crippen molar-refractivity contribution in [1.82, 2.24) is 10.2 Å². The molecule has 2 aromatic rings. The molecule has 0 spiro atoms. The van der Waals surface area contributed by atoms with Crippen LogP contribution in [-0.4, -0.2) is 43.8 Å². The van der Waals surface area contributed by atoms with Crippen molar-refractivity contribution in [2.24, 2.45) is 4.99 Å². The van der Waals surface area contributed by atoms with Gasteiger partial charge in [-0.05, 0) is 42.8 Å². The summed E-state index contributed by atoms with van der Waals surface area (Å²) in [6.07, 6.45) is 0. The Morgan fingerprint density at radius 1 is 1.18 bits per heavy atom. The molecular formula is C20H27FIN3O3. The van der Waals surface area contributed by atoms with E-state index in [2.05, 4.69) is 10.3 Å². The summed E-state index contributed by atoms with van der Waals surface area (Å²) in [5, 5.41) is 13.2. The molecule has 0 unspecified atom stereocenters. The molecule has 0 heterocycles. The summed E-state index contributed by atoms with van der Waals surface area (Å²) in [6, 6.07) is 9.90. The number of ether oxygens (including phenoxy) is 2. The zero-order valence-corrected chi connectivity index (χ0v) is 18.9. The van der Waals surface area contributed by atoms with Crippen molar-refractivity contribution in [1.29, 1.82) is 0 Å². The molecule has 0 aromatic heterocycles. The molecule has 0 aliphatic heterocycles. The van der Waals surface area contributed by atoms with Gasteiger partial charge in [-0.1, -0.05) is 6.07 Å². The average Bonchev–Trinajstić information content (AvgIpc) is 2.66. The van der Waals surface area contributed by atoms with Crippen LogP contribution in [0.2, 0.25) is 0 Å². The van der Waals surface area contributed by atoms with Crippen molar-refractivity contribution in [2.75, 3.05) is 27.8 Å². The molecule has 0 bridgehead atoms. The Morgan fingerprint density at radius 2 is 1.93 bits per heavy atom. The third-order valence-electron chi connectivity index (χ3n) is 4.02. The summed E-state index contributed by atoms with van der Waals surface area (Å²) in [5.41, 5.74) is 1.46. The van der Waals surface area contributed by atoms with Gasteiger partial charge < -0.3 is 24.8 Å². The van der Waals surface area contributed by atoms with Gasteiger partial charge in [0.15, 0.2) is 17.5 Å². The highest BCUT2D eigenvalue weighted by Crippen LogP contribution is 2.23. The number of phenols is 1. The lowest BCUT2D eigenvalue weighted by molar-refractivity contribution is 0.385. The Kier molecular flexibility index (Phi) is 9.84. The zero-order chi connectivity index (χ0) is 19.8. The fraction of sp³-hybridized carbons (Fsp3) is 0.350. The predicted octanol–water partition coefficient (Wildman–Crippen LogP) is 3.76. The van der Waals surface area contributed by atoms with Crippen molar-refractivity contribution in [3.63, 3.8) is 0 Å². The highest BCUT2D eigenvalue weighted by Gasteiger charge is 2.10. The minimum absolute atomic E-state index is 0. The Morgan fingerprint density at radius 3 is 2.54 bits per heavy atom. The van der Waals surface area contributed by atoms with Crippen LogP contribution < -0.4 is 14.8 Å². The lowest BCUT2D eigenvalue weighted by Gasteiger charge is -2.22. The number of phenolic OH excluding ortho intramolecular Hbond substituents is 1. The molecule has 28 heavy (non-hydrogen) atoms. The Bertz CT molecular complexity index is 802. The van der Waals surface area contributed by atoms with E-state index in [1.54, 1.807) is 31.4 Å². The molecule has 0 saturated carbocycles. The monoisotopic (exact) mass is 503 g/mol. The maximum atomic E-state index is 13.9. The number of halogens is 2. The molecule has 6 nitrogen and oxygen atoms in total. The van der Waals surface area contributed by atoms with E-state index in [9.17, 15) is 9.50 Å². The first-order chi connectivity index (χ1) is 13.0. The van der Waals surface area contributed by atoms with Crippen molar-refractivity contribution < 1.29 is 19.0 Å². The van der Waals surface area contributed by atoms with Gasteiger partial charge in [0.2, 0.25) is 0 Å². The highest BCUT2D eigenvalue weighted by atomic mass is 127. The molecule has 0 aliphatic rings. The van der Waals surface area contributed by atoms with Crippen LogP contribution in [0.3, 0.4) is 0 Å². The molecular weight excluding hydrogens is 476 g/mol. The van der Waals surface area contributed by atoms with Gasteiger partial charge in [-0.2, -0.15) is 0 Å². The number of nitrogens with one attached hydrogen (secondary N) is 1. The number of aliphatic imine (C=N–C) groups is 1. The number of benzene rings is 2. The predicted molar refractivity (Wildman–Crippen MR) is 119 cm³/mol. The number of methoxy groups -OCH3 is 2. The summed E-state index contributed by atoms with van der Waals surface area (Å²) < 4.78 is 24.0. The molecule has 2 aromatic carbocycles. The second kappa shape index (κ2) is 11.6. The SMILES string of the molecule is CCNC(=NCc1cc(OC)ccc1O)N(C)Cc1ccc(OC)c(F)c1.I. The summed E-state index contributed by atoms with van der Waals surface area (Å²) in [5.74, 6) is 1.29. The van der Waals surface area contributed by atoms with Gasteiger partial charge in [-0.3, -0.25) is 0 Å². The van der Waals surface area contributed by atoms with Crippen molar-refractivity contribution in [3.05, 3.63) is 53.3 Å². The van der Waals surface area contributed by atoms with Crippen LogP contribution in [0.5, 0.6) is 17.2 Å². The fourth-order valence-corrected chi connectivity index (χ4v) is 2.60. The second-order valence-electron chi connectivity index (χ2n) is 5.99. The van der Waals surface area contributed by atoms with Gasteiger partial charge in [0.25, 0.3) is 0 Å². The van der Waals surface area contributed by atoms with Crippen LogP contribution in [0.1, 0.15) is 18.1 Å². The van der Waals surface area contributed by atoms with Crippen molar-refractivity contribution >= 4 is 29.9 Å². The molecule has 8 heteroatoms. The summed E-state index contributed by atoms with van der Waals surface area (Å²) in [6.45, 7) is 3.41. The largest absolute Gasteiger partial charge is 0.508 e. The van der Waals surface area contributed by atoms with Crippen LogP contribution in [0, 0.1) is 5.82 Å². The minimum atomic E-state index is -0.397. The molecule has 0 fully saturated rings. The Hall–Kier alpha value is -2.23. The number of nitrogens with zero attached hydrogens (tertiary/aromatic N) is 2. The standard InChI is InChI=1S/C20H26FN3O3.HI/c1-5-22-20(23-12-15-11-16(26-3)7-8-18(15)25)24(2)13-14-6-9-19(27-4)17(21)10-14;/h6-11,25H,5,12-13H2,1-4H3,(H,22,23);1H. The van der Waals surface area contributed by atoms with Crippen LogP contribution >= 0.6 is 24.0 Å². The third kappa shape index (κ3) is 6.43. The average molecular weight is 503 g/mol. The molecule has 0 radical (unpaired) electrons. The van der Waals surface area contributed by atoms with Crippen LogP contribution in [-0.2, 0) is 13.1 Å². The molecule has 2 N–H and O–H groups in total. The summed E-state index contributed by atoms with van der Waals surface area (Å²) in [7, 11) is 4.88. The van der Waals surface area contributed by atoms with E-state index < -0.39 is 5.82 Å². The van der Waals surface area contributed by atoms with E-state index in [1.165, 1.54) is 13.2 Å². The normalized spacial score (nSPS) is 10.8. The van der Waals surface area contributed by atoms with E-state index >= 15 is 0 Å². The van der Waals surface area contributed by atoms with E-state index in [1.807, 2.05) is 24.9 Å². The van der Waals surface area contributed by atoms with Gasteiger partial charge in [0.05, 0.1) is 20.8 Å². The molecule has 154 valence electrons. The number of rotatable bonds is 7. The lowest BCUT2D eigenvalue weighted by atomic mass is 10.2. The fourth-order valence-electron chi connectivity index (χ4n) is 2.60. The van der Waals surface area contributed by atoms with E-state index in [4.69, 9.17) is 9.47 Å². The highest BCUT2D eigenvalue weighted by molar-refractivity contribution is 14.0. The van der Waals surface area contributed by atoms with Crippen molar-refractivity contribution in [2.45, 2.75) is 20.0 Å². The van der Waals surface area contributed by atoms with E-state index in [0.29, 0.717) is 30.4 Å². The second-order valence-corrected chi connectivity index (χ2v) is 5.99. The zero-order valence-electron chi connectivity index (χ0n) is 16.5. The maximum Gasteiger partial charge on any atom is 0.194 e. The number of hydrogen-bond donors (Lipinski definition) is 2. The van der Waals surface area contributed by atoms with Crippen LogP contribution in [0.25, 0.3) is 0 Å². The summed E-state index contributed by atoms with van der Waals surface area (Å²) >= 11 is 0. The van der Waals surface area contributed by atoms with Crippen LogP contribution in [0.15, 0.2) is 41.4 Å².